The topological polar surface area (TPSA) is 38.7 Å². The van der Waals surface area contributed by atoms with Crippen LogP contribution in [0.1, 0.15) is 73.1 Å². The molecule has 3 heteroatoms. The average molecular weight is 353 g/mol. The Morgan fingerprint density at radius 3 is 2.48 bits per heavy atom. The van der Waals surface area contributed by atoms with Crippen molar-refractivity contribution in [3.63, 3.8) is 0 Å². The fourth-order valence-corrected chi connectivity index (χ4v) is 6.10. The van der Waals surface area contributed by atoms with Crippen molar-refractivity contribution in [1.29, 1.82) is 0 Å². The van der Waals surface area contributed by atoms with Gasteiger partial charge in [-0.15, -0.1) is 6.58 Å². The normalized spacial score (nSPS) is 40.1. The summed E-state index contributed by atoms with van der Waals surface area (Å²) >= 11 is 0. The van der Waals surface area contributed by atoms with Crippen LogP contribution in [0.25, 0.3) is 0 Å². The summed E-state index contributed by atoms with van der Waals surface area (Å²) in [5.41, 5.74) is 0.323. The van der Waals surface area contributed by atoms with Crippen LogP contribution in [-0.4, -0.2) is 30.7 Å². The van der Waals surface area contributed by atoms with Gasteiger partial charge in [0.2, 0.25) is 0 Å². The molecule has 2 fully saturated rings. The largest absolute Gasteiger partial charge is 0.393 e. The summed E-state index contributed by atoms with van der Waals surface area (Å²) in [7, 11) is 1.68. The van der Waals surface area contributed by atoms with Gasteiger partial charge in [0.15, 0.2) is 0 Å². The highest BCUT2D eigenvalue weighted by Crippen LogP contribution is 2.63. The molecule has 2 aliphatic rings. The van der Waals surface area contributed by atoms with E-state index in [2.05, 4.69) is 41.2 Å². The minimum absolute atomic E-state index is 0.104. The molecule has 0 aromatic heterocycles. The highest BCUT2D eigenvalue weighted by Gasteiger charge is 2.59. The molecule has 0 spiro atoms. The van der Waals surface area contributed by atoms with E-state index in [0.29, 0.717) is 24.0 Å². The van der Waals surface area contributed by atoms with Crippen LogP contribution >= 0.6 is 0 Å². The predicted molar refractivity (Wildman–Crippen MR) is 103 cm³/mol. The van der Waals surface area contributed by atoms with Crippen molar-refractivity contribution in [3.8, 4) is 0 Å². The van der Waals surface area contributed by atoms with E-state index in [1.54, 1.807) is 7.11 Å². The van der Waals surface area contributed by atoms with Crippen molar-refractivity contribution >= 4 is 0 Å². The smallest absolute Gasteiger partial charge is 0.147 e. The van der Waals surface area contributed by atoms with Gasteiger partial charge in [-0.1, -0.05) is 40.2 Å². The number of methoxy groups -OCH3 is 1. The number of aliphatic hydroxyl groups is 1. The molecule has 146 valence electrons. The van der Waals surface area contributed by atoms with Crippen molar-refractivity contribution in [3.05, 3.63) is 12.7 Å². The Bertz CT molecular complexity index is 460. The van der Waals surface area contributed by atoms with Gasteiger partial charge in [0, 0.05) is 7.11 Å². The Labute approximate surface area is 155 Å². The summed E-state index contributed by atoms with van der Waals surface area (Å²) in [6.45, 7) is 15.8. The van der Waals surface area contributed by atoms with E-state index in [9.17, 15) is 5.11 Å². The van der Waals surface area contributed by atoms with E-state index < -0.39 is 0 Å². The van der Waals surface area contributed by atoms with Gasteiger partial charge in [-0.2, -0.15) is 0 Å². The Kier molecular flexibility index (Phi) is 6.44. The van der Waals surface area contributed by atoms with E-state index in [-0.39, 0.29) is 23.0 Å². The minimum Gasteiger partial charge on any atom is -0.393 e. The molecule has 3 unspecified atom stereocenters. The molecule has 0 heterocycles. The molecule has 2 aliphatic carbocycles. The second kappa shape index (κ2) is 7.70. The van der Waals surface area contributed by atoms with E-state index in [1.807, 2.05) is 6.08 Å². The highest BCUT2D eigenvalue weighted by molar-refractivity contribution is 5.08. The molecule has 0 amide bonds. The SMILES string of the molecule is C=CC(C)C(O)C[C@H]1[C@](C)(OCOC)CCC2C(C)(C)CCC[C@@]21C. The number of aliphatic hydroxyl groups excluding tert-OH is 1. The van der Waals surface area contributed by atoms with Gasteiger partial charge in [-0.25, -0.2) is 0 Å². The molecule has 0 aromatic carbocycles. The maximum absolute atomic E-state index is 10.8. The first-order valence-electron chi connectivity index (χ1n) is 10.0. The lowest BCUT2D eigenvalue weighted by Gasteiger charge is -2.62. The van der Waals surface area contributed by atoms with Crippen LogP contribution in [0.2, 0.25) is 0 Å². The van der Waals surface area contributed by atoms with Crippen LogP contribution in [-0.2, 0) is 9.47 Å². The van der Waals surface area contributed by atoms with Crippen molar-refractivity contribution in [2.75, 3.05) is 13.9 Å². The standard InChI is InChI=1S/C22H40O3/c1-8-16(2)17(23)14-19-21(5)12-9-11-20(3,4)18(21)10-13-22(19,6)25-15-24-7/h8,16-19,23H,1,9-15H2,2-7H3/t16?,17?,18?,19-,21+,22-/m1/s1. The van der Waals surface area contributed by atoms with Crippen molar-refractivity contribution in [2.45, 2.75) is 84.8 Å². The lowest BCUT2D eigenvalue weighted by atomic mass is 9.45. The zero-order valence-corrected chi connectivity index (χ0v) is 17.3. The van der Waals surface area contributed by atoms with Gasteiger partial charge in [0.05, 0.1) is 11.7 Å². The van der Waals surface area contributed by atoms with Crippen LogP contribution in [0.5, 0.6) is 0 Å². The molecule has 0 bridgehead atoms. The van der Waals surface area contributed by atoms with Crippen molar-refractivity contribution < 1.29 is 14.6 Å². The van der Waals surface area contributed by atoms with Crippen LogP contribution in [0, 0.1) is 28.6 Å². The summed E-state index contributed by atoms with van der Waals surface area (Å²) in [6, 6.07) is 0. The molecular formula is C22H40O3. The summed E-state index contributed by atoms with van der Waals surface area (Å²) in [6.07, 6.45) is 8.32. The summed E-state index contributed by atoms with van der Waals surface area (Å²) in [4.78, 5) is 0. The molecular weight excluding hydrogens is 312 g/mol. The zero-order chi connectivity index (χ0) is 18.9. The van der Waals surface area contributed by atoms with Gasteiger partial charge >= 0.3 is 0 Å². The minimum atomic E-state index is -0.367. The molecule has 2 rings (SSSR count). The van der Waals surface area contributed by atoms with E-state index in [0.717, 1.165) is 12.8 Å². The fourth-order valence-electron chi connectivity index (χ4n) is 6.10. The first kappa shape index (κ1) is 20.9. The average Bonchev–Trinajstić information content (AvgIpc) is 2.54. The quantitative estimate of drug-likeness (QED) is 0.507. The summed E-state index contributed by atoms with van der Waals surface area (Å²) in [5, 5.41) is 10.8. The van der Waals surface area contributed by atoms with Crippen LogP contribution in [0.4, 0.5) is 0 Å². The molecule has 6 atom stereocenters. The predicted octanol–water partition coefficient (Wildman–Crippen LogP) is 5.18. The third kappa shape index (κ3) is 3.99. The molecule has 2 saturated carbocycles. The van der Waals surface area contributed by atoms with Crippen molar-refractivity contribution in [1.82, 2.24) is 0 Å². The Morgan fingerprint density at radius 2 is 1.88 bits per heavy atom. The second-order valence-corrected chi connectivity index (χ2v) is 9.75. The van der Waals surface area contributed by atoms with Gasteiger partial charge in [-0.3, -0.25) is 0 Å². The third-order valence-electron chi connectivity index (χ3n) is 7.70. The number of rotatable bonds is 7. The zero-order valence-electron chi connectivity index (χ0n) is 17.3. The van der Waals surface area contributed by atoms with Crippen LogP contribution in [0.3, 0.4) is 0 Å². The van der Waals surface area contributed by atoms with E-state index in [1.165, 1.54) is 25.7 Å². The first-order chi connectivity index (χ1) is 11.6. The third-order valence-corrected chi connectivity index (χ3v) is 7.70. The Morgan fingerprint density at radius 1 is 1.20 bits per heavy atom. The highest BCUT2D eigenvalue weighted by atomic mass is 16.7. The Balaban J connectivity index is 2.36. The molecule has 0 saturated heterocycles. The van der Waals surface area contributed by atoms with Crippen LogP contribution < -0.4 is 0 Å². The second-order valence-electron chi connectivity index (χ2n) is 9.75. The number of ether oxygens (including phenoxy) is 2. The molecule has 3 nitrogen and oxygen atoms in total. The van der Waals surface area contributed by atoms with Crippen LogP contribution in [0.15, 0.2) is 12.7 Å². The number of fused-ring (bicyclic) bond motifs is 1. The van der Waals surface area contributed by atoms with E-state index >= 15 is 0 Å². The van der Waals surface area contributed by atoms with Gasteiger partial charge in [0.1, 0.15) is 6.79 Å². The van der Waals surface area contributed by atoms with E-state index in [4.69, 9.17) is 9.47 Å². The monoisotopic (exact) mass is 352 g/mol. The van der Waals surface area contributed by atoms with Gasteiger partial charge in [-0.05, 0) is 67.6 Å². The summed E-state index contributed by atoms with van der Waals surface area (Å²) < 4.78 is 11.5. The number of hydrogen-bond donors (Lipinski definition) is 1. The lowest BCUT2D eigenvalue weighted by molar-refractivity contribution is -0.226. The molecule has 1 N–H and O–H groups in total. The molecule has 0 aromatic rings. The van der Waals surface area contributed by atoms with Gasteiger partial charge < -0.3 is 14.6 Å². The molecule has 0 aliphatic heterocycles. The maximum Gasteiger partial charge on any atom is 0.147 e. The maximum atomic E-state index is 10.8. The summed E-state index contributed by atoms with van der Waals surface area (Å²) in [5.74, 6) is 1.11. The molecule has 0 radical (unpaired) electrons. The fraction of sp³-hybridized carbons (Fsp3) is 0.909. The van der Waals surface area contributed by atoms with Gasteiger partial charge in [0.25, 0.3) is 0 Å². The number of hydrogen-bond acceptors (Lipinski definition) is 3. The lowest BCUT2D eigenvalue weighted by Crippen LogP contribution is -2.59. The first-order valence-corrected chi connectivity index (χ1v) is 10.0. The van der Waals surface area contributed by atoms with Crippen molar-refractivity contribution in [2.24, 2.45) is 28.6 Å². The Hall–Kier alpha value is -0.380. The molecule has 25 heavy (non-hydrogen) atoms.